The highest BCUT2D eigenvalue weighted by Gasteiger charge is 2.19. The molecule has 1 unspecified atom stereocenters. The Bertz CT molecular complexity index is 435. The van der Waals surface area contributed by atoms with Crippen molar-refractivity contribution < 1.29 is 9.53 Å². The largest absolute Gasteiger partial charge is 0.383 e. The maximum absolute atomic E-state index is 12.1. The van der Waals surface area contributed by atoms with Crippen LogP contribution in [0, 0.1) is 0 Å². The lowest BCUT2D eigenvalue weighted by atomic mass is 9.92. The summed E-state index contributed by atoms with van der Waals surface area (Å²) in [5, 5.41) is 2.98. The first-order valence-corrected chi connectivity index (χ1v) is 7.06. The Morgan fingerprint density at radius 2 is 1.67 bits per heavy atom. The molecule has 0 aliphatic carbocycles. The molecule has 120 valence electrons. The van der Waals surface area contributed by atoms with Gasteiger partial charge in [-0.3, -0.25) is 4.79 Å². The quantitative estimate of drug-likeness (QED) is 0.847. The van der Waals surface area contributed by atoms with Crippen molar-refractivity contribution in [3.05, 3.63) is 29.3 Å². The van der Waals surface area contributed by atoms with E-state index in [2.05, 4.69) is 33.0 Å². The van der Waals surface area contributed by atoms with Gasteiger partial charge in [0.2, 0.25) is 5.91 Å². The summed E-state index contributed by atoms with van der Waals surface area (Å²) in [5.74, 6) is 0.465. The lowest BCUT2D eigenvalue weighted by Crippen LogP contribution is -2.39. The van der Waals surface area contributed by atoms with E-state index >= 15 is 0 Å². The number of para-hydroxylation sites is 1. The third-order valence-electron chi connectivity index (χ3n) is 3.30. The fourth-order valence-corrected chi connectivity index (χ4v) is 2.17. The summed E-state index contributed by atoms with van der Waals surface area (Å²) in [6.07, 6.45) is 0. The molecule has 0 aliphatic heterocycles. The Balaban J connectivity index is 0.00000400. The molecular weight excluding hydrogens is 288 g/mol. The van der Waals surface area contributed by atoms with Crippen LogP contribution in [0.15, 0.2) is 18.2 Å². The van der Waals surface area contributed by atoms with Crippen molar-refractivity contribution in [2.75, 3.05) is 19.0 Å². The van der Waals surface area contributed by atoms with E-state index in [-0.39, 0.29) is 24.9 Å². The van der Waals surface area contributed by atoms with Crippen LogP contribution < -0.4 is 11.1 Å². The number of anilines is 1. The number of hydrogen-bond donors (Lipinski definition) is 2. The number of amides is 1. The summed E-state index contributed by atoms with van der Waals surface area (Å²) >= 11 is 0. The Morgan fingerprint density at radius 1 is 1.19 bits per heavy atom. The van der Waals surface area contributed by atoms with Gasteiger partial charge < -0.3 is 15.8 Å². The molecule has 1 amide bonds. The monoisotopic (exact) mass is 314 g/mol. The SMILES string of the molecule is COCC(N)C(=O)Nc1c(C(C)C)cccc1C(C)C.Cl. The maximum Gasteiger partial charge on any atom is 0.243 e. The number of hydrogen-bond acceptors (Lipinski definition) is 3. The van der Waals surface area contributed by atoms with E-state index < -0.39 is 6.04 Å². The predicted octanol–water partition coefficient (Wildman–Crippen LogP) is 3.27. The van der Waals surface area contributed by atoms with Crippen molar-refractivity contribution in [2.24, 2.45) is 5.73 Å². The molecule has 0 saturated heterocycles. The van der Waals surface area contributed by atoms with Crippen LogP contribution in [0.1, 0.15) is 50.7 Å². The molecule has 1 rings (SSSR count). The molecule has 5 heteroatoms. The van der Waals surface area contributed by atoms with Crippen molar-refractivity contribution >= 4 is 24.0 Å². The molecule has 0 fully saturated rings. The van der Waals surface area contributed by atoms with Crippen molar-refractivity contribution in [3.63, 3.8) is 0 Å². The standard InChI is InChI=1S/C16H26N2O2.ClH/c1-10(2)12-7-6-8-13(11(3)4)15(12)18-16(19)14(17)9-20-5;/h6-8,10-11,14H,9,17H2,1-5H3,(H,18,19);1H. The van der Waals surface area contributed by atoms with Gasteiger partial charge in [0.25, 0.3) is 0 Å². The fraction of sp³-hybridized carbons (Fsp3) is 0.562. The number of nitrogens with one attached hydrogen (secondary N) is 1. The predicted molar refractivity (Wildman–Crippen MR) is 90.3 cm³/mol. The van der Waals surface area contributed by atoms with Crippen LogP contribution in [0.4, 0.5) is 5.69 Å². The summed E-state index contributed by atoms with van der Waals surface area (Å²) in [7, 11) is 1.54. The van der Waals surface area contributed by atoms with Crippen LogP contribution in [0.25, 0.3) is 0 Å². The third kappa shape index (κ3) is 5.30. The minimum Gasteiger partial charge on any atom is -0.383 e. The van der Waals surface area contributed by atoms with Crippen LogP contribution in [-0.2, 0) is 9.53 Å². The second-order valence-electron chi connectivity index (χ2n) is 5.67. The Hall–Kier alpha value is -1.10. The average Bonchev–Trinajstić information content (AvgIpc) is 2.38. The van der Waals surface area contributed by atoms with E-state index in [1.54, 1.807) is 0 Å². The van der Waals surface area contributed by atoms with Gasteiger partial charge in [0, 0.05) is 12.8 Å². The van der Waals surface area contributed by atoms with Crippen LogP contribution in [-0.4, -0.2) is 25.7 Å². The third-order valence-corrected chi connectivity index (χ3v) is 3.30. The molecule has 3 N–H and O–H groups in total. The van der Waals surface area contributed by atoms with Gasteiger partial charge in [0.05, 0.1) is 6.61 Å². The average molecular weight is 315 g/mol. The number of rotatable bonds is 6. The molecule has 0 bridgehead atoms. The highest BCUT2D eigenvalue weighted by Crippen LogP contribution is 2.32. The molecule has 1 aromatic rings. The molecule has 4 nitrogen and oxygen atoms in total. The minimum atomic E-state index is -0.653. The normalized spacial score (nSPS) is 12.2. The summed E-state index contributed by atoms with van der Waals surface area (Å²) in [6.45, 7) is 8.68. The highest BCUT2D eigenvalue weighted by atomic mass is 35.5. The van der Waals surface area contributed by atoms with Gasteiger partial charge in [0.15, 0.2) is 0 Å². The number of carbonyl (C=O) groups excluding carboxylic acids is 1. The molecule has 0 radical (unpaired) electrons. The fourth-order valence-electron chi connectivity index (χ4n) is 2.17. The van der Waals surface area contributed by atoms with Gasteiger partial charge in [-0.1, -0.05) is 45.9 Å². The second-order valence-corrected chi connectivity index (χ2v) is 5.67. The molecule has 0 saturated carbocycles. The summed E-state index contributed by atoms with van der Waals surface area (Å²) in [5.41, 5.74) is 8.96. The van der Waals surface area contributed by atoms with Gasteiger partial charge in [0.1, 0.15) is 6.04 Å². The zero-order valence-corrected chi connectivity index (χ0v) is 14.3. The summed E-state index contributed by atoms with van der Waals surface area (Å²) < 4.78 is 4.93. The molecule has 0 aromatic heterocycles. The second kappa shape index (κ2) is 9.03. The number of benzene rings is 1. The van der Waals surface area contributed by atoms with Gasteiger partial charge in [-0.2, -0.15) is 0 Å². The molecule has 21 heavy (non-hydrogen) atoms. The topological polar surface area (TPSA) is 64.3 Å². The van der Waals surface area contributed by atoms with Crippen LogP contribution in [0.2, 0.25) is 0 Å². The molecule has 0 aliphatic rings. The van der Waals surface area contributed by atoms with Crippen molar-refractivity contribution in [3.8, 4) is 0 Å². The Kier molecular flexibility index (Phi) is 8.55. The van der Waals surface area contributed by atoms with Gasteiger partial charge >= 0.3 is 0 Å². The smallest absolute Gasteiger partial charge is 0.243 e. The lowest BCUT2D eigenvalue weighted by Gasteiger charge is -2.21. The first kappa shape index (κ1) is 19.9. The minimum absolute atomic E-state index is 0. The van der Waals surface area contributed by atoms with Gasteiger partial charge in [-0.05, 0) is 23.0 Å². The Labute approximate surface area is 133 Å². The van der Waals surface area contributed by atoms with Gasteiger partial charge in [-0.15, -0.1) is 12.4 Å². The first-order chi connectivity index (χ1) is 9.38. The van der Waals surface area contributed by atoms with Crippen molar-refractivity contribution in [1.29, 1.82) is 0 Å². The first-order valence-electron chi connectivity index (χ1n) is 7.06. The lowest BCUT2D eigenvalue weighted by molar-refractivity contribution is -0.118. The maximum atomic E-state index is 12.1. The van der Waals surface area contributed by atoms with Crippen LogP contribution >= 0.6 is 12.4 Å². The molecule has 1 aromatic carbocycles. The van der Waals surface area contributed by atoms with E-state index in [1.165, 1.54) is 7.11 Å². The molecule has 1 atom stereocenters. The van der Waals surface area contributed by atoms with E-state index in [0.29, 0.717) is 11.8 Å². The van der Waals surface area contributed by atoms with Crippen LogP contribution in [0.3, 0.4) is 0 Å². The number of methoxy groups -OCH3 is 1. The summed E-state index contributed by atoms with van der Waals surface area (Å²) in [4.78, 5) is 12.1. The zero-order chi connectivity index (χ0) is 15.3. The summed E-state index contributed by atoms with van der Waals surface area (Å²) in [6, 6.07) is 5.48. The van der Waals surface area contributed by atoms with Crippen molar-refractivity contribution in [1.82, 2.24) is 0 Å². The van der Waals surface area contributed by atoms with E-state index in [0.717, 1.165) is 16.8 Å². The van der Waals surface area contributed by atoms with E-state index in [9.17, 15) is 4.79 Å². The number of ether oxygens (including phenoxy) is 1. The molecular formula is C16H27ClN2O2. The van der Waals surface area contributed by atoms with Gasteiger partial charge in [-0.25, -0.2) is 0 Å². The highest BCUT2D eigenvalue weighted by molar-refractivity contribution is 5.96. The van der Waals surface area contributed by atoms with Crippen LogP contribution in [0.5, 0.6) is 0 Å². The van der Waals surface area contributed by atoms with Crippen molar-refractivity contribution in [2.45, 2.75) is 45.6 Å². The Morgan fingerprint density at radius 3 is 2.05 bits per heavy atom. The zero-order valence-electron chi connectivity index (χ0n) is 13.5. The van der Waals surface area contributed by atoms with E-state index in [4.69, 9.17) is 10.5 Å². The molecule has 0 spiro atoms. The number of nitrogens with two attached hydrogens (primary N) is 1. The number of halogens is 1. The molecule has 0 heterocycles. The van der Waals surface area contributed by atoms with E-state index in [1.807, 2.05) is 18.2 Å². The number of carbonyl (C=O) groups is 1.